The first kappa shape index (κ1) is 16.4. The van der Waals surface area contributed by atoms with Crippen LogP contribution in [0.3, 0.4) is 0 Å². The van der Waals surface area contributed by atoms with E-state index in [1.807, 2.05) is 6.07 Å². The summed E-state index contributed by atoms with van der Waals surface area (Å²) in [7, 11) is 0. The largest absolute Gasteiger partial charge is 0.508 e. The van der Waals surface area contributed by atoms with Gasteiger partial charge in [-0.1, -0.05) is 0 Å². The molecule has 3 rings (SSSR count). The van der Waals surface area contributed by atoms with Crippen molar-refractivity contribution in [3.8, 4) is 23.3 Å². The summed E-state index contributed by atoms with van der Waals surface area (Å²) in [6.45, 7) is 0. The lowest BCUT2D eigenvalue weighted by Crippen LogP contribution is -2.15. The number of alkyl halides is 3. The van der Waals surface area contributed by atoms with Gasteiger partial charge in [-0.2, -0.15) is 18.4 Å². The van der Waals surface area contributed by atoms with Crippen LogP contribution in [0.15, 0.2) is 51.7 Å². The number of hydrogen-bond acceptors (Lipinski definition) is 5. The summed E-state index contributed by atoms with van der Waals surface area (Å²) in [5, 5.41) is 17.9. The predicted molar refractivity (Wildman–Crippen MR) is 80.4 cm³/mol. The molecule has 0 aliphatic carbocycles. The number of fused-ring (bicyclic) bond motifs is 1. The van der Waals surface area contributed by atoms with Crippen LogP contribution in [0.25, 0.3) is 11.0 Å². The molecule has 0 radical (unpaired) electrons. The molecule has 0 spiro atoms. The number of phenolic OH excluding ortho intramolecular Hbond substituents is 1. The van der Waals surface area contributed by atoms with Gasteiger partial charge in [0, 0.05) is 6.07 Å². The number of ether oxygens (including phenoxy) is 1. The van der Waals surface area contributed by atoms with Gasteiger partial charge in [0.2, 0.25) is 11.2 Å². The summed E-state index contributed by atoms with van der Waals surface area (Å²) in [6.07, 6.45) is -4.99. The van der Waals surface area contributed by atoms with Gasteiger partial charge in [-0.15, -0.1) is 0 Å². The van der Waals surface area contributed by atoms with E-state index >= 15 is 0 Å². The van der Waals surface area contributed by atoms with Crippen LogP contribution in [0.1, 0.15) is 11.3 Å². The third-order valence-electron chi connectivity index (χ3n) is 3.30. The highest BCUT2D eigenvalue weighted by atomic mass is 19.4. The predicted octanol–water partition coefficient (Wildman–Crippen LogP) is 4.18. The average Bonchev–Trinajstić information content (AvgIpc) is 2.56. The molecule has 0 fully saturated rings. The molecule has 0 amide bonds. The van der Waals surface area contributed by atoms with Crippen LogP contribution in [0.2, 0.25) is 0 Å². The molecule has 1 heterocycles. The molecular formula is C17H8F3NO4. The van der Waals surface area contributed by atoms with Crippen molar-refractivity contribution < 1.29 is 27.4 Å². The first-order valence-corrected chi connectivity index (χ1v) is 6.84. The molecule has 3 aromatic rings. The Morgan fingerprint density at radius 2 is 1.80 bits per heavy atom. The maximum absolute atomic E-state index is 13.3. The highest BCUT2D eigenvalue weighted by Gasteiger charge is 2.40. The van der Waals surface area contributed by atoms with Gasteiger partial charge in [0.05, 0.1) is 17.0 Å². The molecule has 0 unspecified atom stereocenters. The Balaban J connectivity index is 2.21. The molecule has 0 saturated heterocycles. The van der Waals surface area contributed by atoms with Crippen molar-refractivity contribution in [1.29, 1.82) is 5.26 Å². The van der Waals surface area contributed by atoms with Gasteiger partial charge in [0.15, 0.2) is 0 Å². The van der Waals surface area contributed by atoms with Crippen molar-refractivity contribution in [2.45, 2.75) is 6.18 Å². The highest BCUT2D eigenvalue weighted by Crippen LogP contribution is 2.38. The maximum Gasteiger partial charge on any atom is 0.453 e. The van der Waals surface area contributed by atoms with Gasteiger partial charge in [-0.05, 0) is 36.4 Å². The Kier molecular flexibility index (Phi) is 3.85. The smallest absolute Gasteiger partial charge is 0.453 e. The summed E-state index contributed by atoms with van der Waals surface area (Å²) in [6, 6.07) is 10.3. The van der Waals surface area contributed by atoms with Gasteiger partial charge in [0.25, 0.3) is 5.76 Å². The van der Waals surface area contributed by atoms with E-state index in [1.165, 1.54) is 24.3 Å². The van der Waals surface area contributed by atoms with E-state index in [9.17, 15) is 23.1 Å². The lowest BCUT2D eigenvalue weighted by Gasteiger charge is -2.13. The molecule has 0 atom stereocenters. The zero-order valence-corrected chi connectivity index (χ0v) is 12.3. The molecule has 1 aromatic heterocycles. The summed E-state index contributed by atoms with van der Waals surface area (Å²) in [4.78, 5) is 12.4. The summed E-state index contributed by atoms with van der Waals surface area (Å²) in [5.74, 6) is -3.03. The van der Waals surface area contributed by atoms with E-state index in [2.05, 4.69) is 0 Å². The van der Waals surface area contributed by atoms with E-state index in [4.69, 9.17) is 14.4 Å². The third-order valence-corrected chi connectivity index (χ3v) is 3.30. The molecule has 8 heteroatoms. The van der Waals surface area contributed by atoms with Gasteiger partial charge in [-0.25, -0.2) is 0 Å². The van der Waals surface area contributed by atoms with Gasteiger partial charge >= 0.3 is 6.18 Å². The molecule has 25 heavy (non-hydrogen) atoms. The number of rotatable bonds is 2. The van der Waals surface area contributed by atoms with Crippen molar-refractivity contribution in [2.75, 3.05) is 0 Å². The van der Waals surface area contributed by atoms with Gasteiger partial charge < -0.3 is 14.3 Å². The van der Waals surface area contributed by atoms with Crippen molar-refractivity contribution in [3.63, 3.8) is 0 Å². The number of nitrogens with zero attached hydrogens (tertiary/aromatic N) is 1. The van der Waals surface area contributed by atoms with E-state index in [0.29, 0.717) is 0 Å². The Morgan fingerprint density at radius 3 is 2.40 bits per heavy atom. The van der Waals surface area contributed by atoms with Crippen molar-refractivity contribution >= 4 is 11.0 Å². The van der Waals surface area contributed by atoms with Crippen molar-refractivity contribution in [1.82, 2.24) is 0 Å². The Hall–Kier alpha value is -3.47. The number of hydrogen-bond donors (Lipinski definition) is 1. The standard InChI is InChI=1S/C17H8F3NO4/c18-17(19,20)16-15(24-11-4-1-9(8-21)2-5-11)14(23)12-6-3-10(22)7-13(12)25-16/h1-7,22H. The van der Waals surface area contributed by atoms with Crippen LogP contribution in [-0.4, -0.2) is 5.11 Å². The topological polar surface area (TPSA) is 83.5 Å². The van der Waals surface area contributed by atoms with Crippen LogP contribution in [0.4, 0.5) is 13.2 Å². The fraction of sp³-hybridized carbons (Fsp3) is 0.0588. The van der Waals surface area contributed by atoms with Crippen LogP contribution in [-0.2, 0) is 6.18 Å². The maximum atomic E-state index is 13.3. The first-order valence-electron chi connectivity index (χ1n) is 6.84. The minimum absolute atomic E-state index is 0.0603. The number of aromatic hydroxyl groups is 1. The zero-order valence-electron chi connectivity index (χ0n) is 12.3. The molecule has 0 aliphatic heterocycles. The second-order valence-electron chi connectivity index (χ2n) is 5.01. The van der Waals surface area contributed by atoms with Crippen LogP contribution in [0, 0.1) is 11.3 Å². The first-order chi connectivity index (χ1) is 11.8. The molecule has 5 nitrogen and oxygen atoms in total. The fourth-order valence-electron chi connectivity index (χ4n) is 2.16. The van der Waals surface area contributed by atoms with Crippen LogP contribution >= 0.6 is 0 Å². The molecule has 0 bridgehead atoms. The normalized spacial score (nSPS) is 11.3. The van der Waals surface area contributed by atoms with Gasteiger partial charge in [0.1, 0.15) is 17.1 Å². The third kappa shape index (κ3) is 3.12. The lowest BCUT2D eigenvalue weighted by atomic mass is 10.2. The minimum Gasteiger partial charge on any atom is -0.508 e. The van der Waals surface area contributed by atoms with Crippen molar-refractivity contribution in [2.24, 2.45) is 0 Å². The number of nitriles is 1. The molecule has 1 N–H and O–H groups in total. The van der Waals surface area contributed by atoms with Gasteiger partial charge in [-0.3, -0.25) is 4.79 Å². The quantitative estimate of drug-likeness (QED) is 0.752. The number of benzene rings is 2. The Labute approximate surface area is 138 Å². The molecule has 0 saturated carbocycles. The van der Waals surface area contributed by atoms with Crippen LogP contribution < -0.4 is 10.2 Å². The van der Waals surface area contributed by atoms with E-state index in [0.717, 1.165) is 18.2 Å². The summed E-state index contributed by atoms with van der Waals surface area (Å²) < 4.78 is 49.7. The summed E-state index contributed by atoms with van der Waals surface area (Å²) in [5.41, 5.74) is -1.16. The zero-order chi connectivity index (χ0) is 18.2. The van der Waals surface area contributed by atoms with Crippen LogP contribution in [0.5, 0.6) is 17.2 Å². The molecule has 0 aliphatic rings. The van der Waals surface area contributed by atoms with E-state index in [-0.39, 0.29) is 22.4 Å². The lowest BCUT2D eigenvalue weighted by molar-refractivity contribution is -0.154. The second-order valence-corrected chi connectivity index (χ2v) is 5.01. The number of phenols is 1. The molecular weight excluding hydrogens is 339 g/mol. The van der Waals surface area contributed by atoms with Crippen molar-refractivity contribution in [3.05, 3.63) is 64.0 Å². The molecule has 126 valence electrons. The monoisotopic (exact) mass is 347 g/mol. The van der Waals surface area contributed by atoms with E-state index in [1.54, 1.807) is 0 Å². The Morgan fingerprint density at radius 1 is 1.12 bits per heavy atom. The fourth-order valence-corrected chi connectivity index (χ4v) is 2.16. The second kappa shape index (κ2) is 5.87. The minimum atomic E-state index is -4.99. The SMILES string of the molecule is N#Cc1ccc(Oc2c(C(F)(F)F)oc3cc(O)ccc3c2=O)cc1. The average molecular weight is 347 g/mol. The Bertz CT molecular complexity index is 1050. The van der Waals surface area contributed by atoms with E-state index < -0.39 is 28.7 Å². The number of halogens is 3. The summed E-state index contributed by atoms with van der Waals surface area (Å²) >= 11 is 0. The molecule has 2 aromatic carbocycles. The highest BCUT2D eigenvalue weighted by molar-refractivity contribution is 5.79.